The van der Waals surface area contributed by atoms with E-state index in [4.69, 9.17) is 0 Å². The van der Waals surface area contributed by atoms with Gasteiger partial charge in [0.2, 0.25) is 0 Å². The number of nitrogens with zero attached hydrogens (tertiary/aromatic N) is 3. The molecule has 3 N–H and O–H groups in total. The molecular formula is C28H24N6O2. The highest BCUT2D eigenvalue weighted by Gasteiger charge is 2.10. The minimum Gasteiger partial charge on any atom is -0.361 e. The van der Waals surface area contributed by atoms with Crippen molar-refractivity contribution in [1.82, 2.24) is 19.9 Å². The zero-order chi connectivity index (χ0) is 25.1. The molecule has 2 aromatic carbocycles. The first-order valence-electron chi connectivity index (χ1n) is 11.3. The van der Waals surface area contributed by atoms with E-state index >= 15 is 0 Å². The predicted molar refractivity (Wildman–Crippen MR) is 141 cm³/mol. The average molecular weight is 477 g/mol. The summed E-state index contributed by atoms with van der Waals surface area (Å²) in [7, 11) is 3.46. The van der Waals surface area contributed by atoms with Crippen LogP contribution in [0, 0.1) is 0 Å². The second-order valence-electron chi connectivity index (χ2n) is 8.53. The summed E-state index contributed by atoms with van der Waals surface area (Å²) in [5.74, 6) is 0.389. The fraction of sp³-hybridized carbons (Fsp3) is 0.0714. The lowest BCUT2D eigenvalue weighted by atomic mass is 10.1. The van der Waals surface area contributed by atoms with Gasteiger partial charge in [-0.05, 0) is 59.5 Å². The highest BCUT2D eigenvalue weighted by Crippen LogP contribution is 2.23. The maximum Gasteiger partial charge on any atom is 0.255 e. The molecule has 0 unspecified atom stereocenters. The second kappa shape index (κ2) is 9.71. The summed E-state index contributed by atoms with van der Waals surface area (Å²) in [6.45, 7) is 0. The summed E-state index contributed by atoms with van der Waals surface area (Å²) in [6, 6.07) is 20.5. The van der Waals surface area contributed by atoms with Crippen molar-refractivity contribution in [3.8, 4) is 11.1 Å². The van der Waals surface area contributed by atoms with Gasteiger partial charge in [0.25, 0.3) is 11.8 Å². The van der Waals surface area contributed by atoms with E-state index in [1.54, 1.807) is 49.7 Å². The third-order valence-electron chi connectivity index (χ3n) is 5.72. The lowest BCUT2D eigenvalue weighted by molar-refractivity contribution is 0.0827. The monoisotopic (exact) mass is 476 g/mol. The maximum atomic E-state index is 12.7. The molecule has 2 amide bonds. The normalized spacial score (nSPS) is 10.7. The van der Waals surface area contributed by atoms with Crippen molar-refractivity contribution in [2.75, 3.05) is 24.7 Å². The van der Waals surface area contributed by atoms with Crippen LogP contribution in [0.1, 0.15) is 20.7 Å². The summed E-state index contributed by atoms with van der Waals surface area (Å²) in [5.41, 5.74) is 5.26. The highest BCUT2D eigenvalue weighted by molar-refractivity contribution is 6.06. The molecule has 5 aromatic rings. The molecular weight excluding hydrogens is 452 g/mol. The Labute approximate surface area is 208 Å². The average Bonchev–Trinajstić information content (AvgIpc) is 3.37. The van der Waals surface area contributed by atoms with Gasteiger partial charge in [-0.15, -0.1) is 0 Å². The zero-order valence-corrected chi connectivity index (χ0v) is 19.8. The summed E-state index contributed by atoms with van der Waals surface area (Å²) >= 11 is 0. The van der Waals surface area contributed by atoms with Crippen molar-refractivity contribution in [3.63, 3.8) is 0 Å². The lowest BCUT2D eigenvalue weighted by Gasteiger charge is -2.11. The molecule has 5 rings (SSSR count). The number of benzene rings is 2. The molecule has 0 saturated heterocycles. The molecule has 0 radical (unpaired) electrons. The van der Waals surface area contributed by atoms with E-state index < -0.39 is 0 Å². The molecule has 0 atom stereocenters. The molecule has 36 heavy (non-hydrogen) atoms. The Morgan fingerprint density at radius 1 is 0.806 bits per heavy atom. The van der Waals surface area contributed by atoms with Crippen molar-refractivity contribution in [1.29, 1.82) is 0 Å². The number of rotatable bonds is 6. The minimum atomic E-state index is -0.216. The van der Waals surface area contributed by atoms with Gasteiger partial charge in [-0.3, -0.25) is 14.6 Å². The molecule has 0 fully saturated rings. The zero-order valence-electron chi connectivity index (χ0n) is 19.8. The van der Waals surface area contributed by atoms with Gasteiger partial charge in [-0.2, -0.15) is 0 Å². The van der Waals surface area contributed by atoms with Crippen LogP contribution in [0.3, 0.4) is 0 Å². The van der Waals surface area contributed by atoms with Crippen molar-refractivity contribution in [3.05, 3.63) is 103 Å². The van der Waals surface area contributed by atoms with Gasteiger partial charge in [0.1, 0.15) is 5.82 Å². The van der Waals surface area contributed by atoms with Gasteiger partial charge in [-0.1, -0.05) is 18.2 Å². The van der Waals surface area contributed by atoms with Gasteiger partial charge in [-0.25, -0.2) is 4.98 Å². The van der Waals surface area contributed by atoms with E-state index in [-0.39, 0.29) is 11.8 Å². The summed E-state index contributed by atoms with van der Waals surface area (Å²) < 4.78 is 0. The largest absolute Gasteiger partial charge is 0.361 e. The third kappa shape index (κ3) is 4.92. The van der Waals surface area contributed by atoms with Gasteiger partial charge in [0.05, 0.1) is 23.8 Å². The Hall–Kier alpha value is -4.98. The second-order valence-corrected chi connectivity index (χ2v) is 8.53. The molecule has 178 valence electrons. The Morgan fingerprint density at radius 3 is 2.31 bits per heavy atom. The summed E-state index contributed by atoms with van der Waals surface area (Å²) in [4.78, 5) is 38.2. The number of carbonyl (C=O) groups is 2. The standard InChI is InChI=1S/C28H24N6O2/c1-34(2)28(36)20-6-3-18(4-7-20)22-9-10-26(31-15-22)32-23-14-24(17-29-16-23)33-27(35)21-8-5-19-11-12-30-25(19)13-21/h3-17,30H,1-2H3,(H,31,32)(H,33,35). The number of pyridine rings is 2. The Bertz CT molecular complexity index is 1540. The van der Waals surface area contributed by atoms with Gasteiger partial charge < -0.3 is 20.5 Å². The number of fused-ring (bicyclic) bond motifs is 1. The number of amides is 2. The number of hydrogen-bond donors (Lipinski definition) is 3. The first-order valence-corrected chi connectivity index (χ1v) is 11.3. The van der Waals surface area contributed by atoms with Crippen LogP contribution >= 0.6 is 0 Å². The van der Waals surface area contributed by atoms with Crippen LogP contribution in [0.15, 0.2) is 91.5 Å². The third-order valence-corrected chi connectivity index (χ3v) is 5.72. The molecule has 8 nitrogen and oxygen atoms in total. The SMILES string of the molecule is CN(C)C(=O)c1ccc(-c2ccc(Nc3cncc(NC(=O)c4ccc5cc[nH]c5c4)c3)nc2)cc1. The van der Waals surface area contributed by atoms with Crippen LogP contribution in [0.4, 0.5) is 17.2 Å². The molecule has 0 spiro atoms. The van der Waals surface area contributed by atoms with Crippen LogP contribution in [0.5, 0.6) is 0 Å². The number of hydrogen-bond acceptors (Lipinski definition) is 5. The molecule has 3 aromatic heterocycles. The van der Waals surface area contributed by atoms with Crippen LogP contribution in [-0.4, -0.2) is 45.8 Å². The Morgan fingerprint density at radius 2 is 1.56 bits per heavy atom. The number of carbonyl (C=O) groups excluding carboxylic acids is 2. The Kier molecular flexibility index (Phi) is 6.15. The first kappa shape index (κ1) is 22.8. The van der Waals surface area contributed by atoms with E-state index in [0.29, 0.717) is 28.3 Å². The molecule has 0 aliphatic heterocycles. The number of H-pyrrole nitrogens is 1. The molecule has 3 heterocycles. The fourth-order valence-electron chi connectivity index (χ4n) is 3.82. The van der Waals surface area contributed by atoms with Gasteiger partial charge >= 0.3 is 0 Å². The van der Waals surface area contributed by atoms with Crippen LogP contribution in [0.2, 0.25) is 0 Å². The predicted octanol–water partition coefficient (Wildman–Crippen LogP) is 5.32. The molecule has 0 saturated carbocycles. The molecule has 0 aliphatic carbocycles. The van der Waals surface area contributed by atoms with E-state index in [9.17, 15) is 9.59 Å². The van der Waals surface area contributed by atoms with Crippen LogP contribution < -0.4 is 10.6 Å². The smallest absolute Gasteiger partial charge is 0.255 e. The lowest BCUT2D eigenvalue weighted by Crippen LogP contribution is -2.21. The van der Waals surface area contributed by atoms with E-state index in [0.717, 1.165) is 22.0 Å². The van der Waals surface area contributed by atoms with Crippen molar-refractivity contribution in [2.45, 2.75) is 0 Å². The van der Waals surface area contributed by atoms with Crippen molar-refractivity contribution < 1.29 is 9.59 Å². The van der Waals surface area contributed by atoms with Gasteiger partial charge in [0, 0.05) is 48.7 Å². The molecule has 8 heteroatoms. The maximum absolute atomic E-state index is 12.7. The number of aromatic nitrogens is 3. The van der Waals surface area contributed by atoms with Crippen LogP contribution in [-0.2, 0) is 0 Å². The molecule has 0 bridgehead atoms. The molecule has 0 aliphatic rings. The topological polar surface area (TPSA) is 103 Å². The fourth-order valence-corrected chi connectivity index (χ4v) is 3.82. The van der Waals surface area contributed by atoms with Crippen LogP contribution in [0.25, 0.3) is 22.0 Å². The Balaban J connectivity index is 1.25. The minimum absolute atomic E-state index is 0.0344. The summed E-state index contributed by atoms with van der Waals surface area (Å²) in [6.07, 6.45) is 6.87. The first-order chi connectivity index (χ1) is 17.5. The van der Waals surface area contributed by atoms with E-state index in [2.05, 4.69) is 25.6 Å². The van der Waals surface area contributed by atoms with E-state index in [1.807, 2.05) is 60.8 Å². The highest BCUT2D eigenvalue weighted by atomic mass is 16.2. The number of aromatic amines is 1. The number of anilines is 3. The quantitative estimate of drug-likeness (QED) is 0.308. The van der Waals surface area contributed by atoms with Gasteiger partial charge in [0.15, 0.2) is 0 Å². The number of nitrogens with one attached hydrogen (secondary N) is 3. The van der Waals surface area contributed by atoms with Crippen molar-refractivity contribution >= 4 is 39.9 Å². The van der Waals surface area contributed by atoms with Crippen molar-refractivity contribution in [2.24, 2.45) is 0 Å². The van der Waals surface area contributed by atoms with E-state index in [1.165, 1.54) is 0 Å². The summed E-state index contributed by atoms with van der Waals surface area (Å²) in [5, 5.41) is 7.15.